The van der Waals surface area contributed by atoms with Gasteiger partial charge in [-0.05, 0) is 6.07 Å². The Labute approximate surface area is 269 Å². The molecule has 0 saturated carbocycles. The molecule has 4 aromatic carbocycles. The van der Waals surface area contributed by atoms with E-state index in [0.29, 0.717) is 59.0 Å². The van der Waals surface area contributed by atoms with Crippen LogP contribution in [0.25, 0.3) is 89.7 Å². The zero-order valence-corrected chi connectivity index (χ0v) is 25.3. The van der Waals surface area contributed by atoms with E-state index in [4.69, 9.17) is 29.9 Å². The number of fused-ring (bicyclic) bond motifs is 20. The van der Waals surface area contributed by atoms with Gasteiger partial charge in [-0.1, -0.05) is 97.1 Å². The highest BCUT2D eigenvalue weighted by atomic mass is 15.1. The molecule has 3 aromatic heterocycles. The van der Waals surface area contributed by atoms with Crippen molar-refractivity contribution in [1.29, 1.82) is 0 Å². The van der Waals surface area contributed by atoms with Gasteiger partial charge in [0, 0.05) is 57.2 Å². The van der Waals surface area contributed by atoms with Gasteiger partial charge >= 0.3 is 0 Å². The van der Waals surface area contributed by atoms with E-state index >= 15 is 0 Å². The molecule has 5 heterocycles. The second-order valence-electron chi connectivity index (χ2n) is 11.4. The summed E-state index contributed by atoms with van der Waals surface area (Å²) in [6.07, 6.45) is 3.78. The zero-order valence-electron chi connectivity index (χ0n) is 25.3. The molecular weight excluding hydrogens is 582 g/mol. The molecule has 9 rings (SSSR count). The Balaban J connectivity index is 1.48. The van der Waals surface area contributed by atoms with Crippen LogP contribution in [0, 0.1) is 0 Å². The van der Waals surface area contributed by atoms with Crippen molar-refractivity contribution < 1.29 is 0 Å². The van der Waals surface area contributed by atoms with E-state index in [2.05, 4.69) is 40.2 Å². The highest BCUT2D eigenvalue weighted by Crippen LogP contribution is 2.38. The molecule has 0 amide bonds. The fourth-order valence-corrected chi connectivity index (χ4v) is 6.52. The lowest BCUT2D eigenvalue weighted by molar-refractivity contribution is 0.963. The summed E-state index contributed by atoms with van der Waals surface area (Å²) in [7, 11) is 0. The Morgan fingerprint density at radius 3 is 1.36 bits per heavy atom. The second-order valence-corrected chi connectivity index (χ2v) is 11.4. The molecule has 7 aromatic rings. The topological polar surface area (TPSA) is 112 Å². The van der Waals surface area contributed by atoms with Crippen LogP contribution in [-0.2, 0) is 0 Å². The van der Waals surface area contributed by atoms with Crippen LogP contribution in [-0.4, -0.2) is 53.0 Å². The monoisotopic (exact) mass is 609 g/mol. The number of aromatic nitrogens is 8. The first-order valence-corrected chi connectivity index (χ1v) is 15.4. The molecule has 8 bridgehead atoms. The predicted molar refractivity (Wildman–Crippen MR) is 189 cm³/mol. The van der Waals surface area contributed by atoms with Crippen LogP contribution in [0.15, 0.2) is 116 Å². The molecule has 2 aliphatic heterocycles. The maximum absolute atomic E-state index is 5.20. The van der Waals surface area contributed by atoms with Crippen molar-refractivity contribution in [3.05, 3.63) is 116 Å². The van der Waals surface area contributed by atoms with Crippen LogP contribution < -0.4 is 4.90 Å². The summed E-state index contributed by atoms with van der Waals surface area (Å²) in [5, 5.41) is 3.72. The number of benzene rings is 4. The average Bonchev–Trinajstić information content (AvgIpc) is 3.84. The van der Waals surface area contributed by atoms with E-state index in [0.717, 1.165) is 49.5 Å². The Bertz CT molecular complexity index is 2580. The van der Waals surface area contributed by atoms with E-state index in [9.17, 15) is 0 Å². The predicted octanol–water partition coefficient (Wildman–Crippen LogP) is 8.05. The van der Waals surface area contributed by atoms with Gasteiger partial charge in [-0.15, -0.1) is 13.2 Å². The van der Waals surface area contributed by atoms with Gasteiger partial charge in [0.1, 0.15) is 22.6 Å². The van der Waals surface area contributed by atoms with Crippen LogP contribution in [0.1, 0.15) is 0 Å². The average molecular weight is 610 g/mol. The third kappa shape index (κ3) is 4.24. The first-order chi connectivity index (χ1) is 23.2. The first kappa shape index (κ1) is 26.9. The van der Waals surface area contributed by atoms with Crippen molar-refractivity contribution >= 4 is 49.8 Å². The van der Waals surface area contributed by atoms with Crippen LogP contribution in [0.2, 0.25) is 0 Å². The lowest BCUT2D eigenvalue weighted by Crippen LogP contribution is -2.23. The summed E-state index contributed by atoms with van der Waals surface area (Å²) in [6, 6.07) is 30.4. The second kappa shape index (κ2) is 10.6. The van der Waals surface area contributed by atoms with Crippen LogP contribution in [0.4, 0.5) is 5.69 Å². The molecule has 0 atom stereocenters. The Morgan fingerprint density at radius 1 is 0.468 bits per heavy atom. The van der Waals surface area contributed by atoms with Crippen LogP contribution in [0.3, 0.4) is 0 Å². The number of aromatic amines is 2. The van der Waals surface area contributed by atoms with Crippen molar-refractivity contribution in [3.63, 3.8) is 0 Å². The lowest BCUT2D eigenvalue weighted by atomic mass is 10.1. The number of H-pyrrole nitrogens is 2. The van der Waals surface area contributed by atoms with Gasteiger partial charge in [0.15, 0.2) is 23.3 Å². The normalized spacial score (nSPS) is 11.7. The number of hydrogen-bond acceptors (Lipinski definition) is 7. The van der Waals surface area contributed by atoms with Gasteiger partial charge in [0.05, 0.1) is 5.39 Å². The van der Waals surface area contributed by atoms with Crippen molar-refractivity contribution in [2.75, 3.05) is 18.0 Å². The molecule has 2 N–H and O–H groups in total. The van der Waals surface area contributed by atoms with Gasteiger partial charge < -0.3 is 14.9 Å². The fourth-order valence-electron chi connectivity index (χ4n) is 6.52. The summed E-state index contributed by atoms with van der Waals surface area (Å²) in [4.78, 5) is 39.7. The Hall–Kier alpha value is -6.48. The standard InChI is InChI=1S/C38H27N9/c1-3-20-47(21-4-2)29-19-11-18-28-30(29)38-45-36-27-17-10-9-16-26(27)34(43-36)41-32-23-13-6-5-12-22(23)31(39-32)40-33-24-14-7-8-15-25(24)35(42-33)44-37(28)46-38/h3-19H,1-2,20-21H2,(H2,39,40,41,42,43,44,45,46). The smallest absolute Gasteiger partial charge is 0.164 e. The third-order valence-electron chi connectivity index (χ3n) is 8.60. The third-order valence-corrected chi connectivity index (χ3v) is 8.60. The molecule has 9 nitrogen and oxygen atoms in total. The van der Waals surface area contributed by atoms with Crippen LogP contribution in [0.5, 0.6) is 0 Å². The molecule has 0 aliphatic carbocycles. The van der Waals surface area contributed by atoms with Gasteiger partial charge in [-0.3, -0.25) is 0 Å². The van der Waals surface area contributed by atoms with Crippen molar-refractivity contribution in [3.8, 4) is 45.6 Å². The fraction of sp³-hybridized carbons (Fsp3) is 0.0526. The molecule has 2 aliphatic rings. The van der Waals surface area contributed by atoms with E-state index in [-0.39, 0.29) is 0 Å². The lowest BCUT2D eigenvalue weighted by Gasteiger charge is -2.22. The number of hydrogen-bond donors (Lipinski definition) is 2. The molecule has 0 unspecified atom stereocenters. The summed E-state index contributed by atoms with van der Waals surface area (Å²) in [6.45, 7) is 9.26. The molecule has 0 radical (unpaired) electrons. The SMILES string of the molecule is C=CCN(CC=C)c1cccc2c3nc4nc(nc5[nH]c(nc6nc(nc([nH]3)c12)-c1ccccc1-6)c1ccccc51)-c1ccccc1-4. The van der Waals surface area contributed by atoms with Gasteiger partial charge in [0.25, 0.3) is 0 Å². The molecule has 0 spiro atoms. The van der Waals surface area contributed by atoms with Gasteiger partial charge in [0.2, 0.25) is 0 Å². The van der Waals surface area contributed by atoms with Crippen LogP contribution >= 0.6 is 0 Å². The minimum atomic E-state index is 0.565. The number of nitrogens with zero attached hydrogens (tertiary/aromatic N) is 7. The highest BCUT2D eigenvalue weighted by molar-refractivity contribution is 6.12. The van der Waals surface area contributed by atoms with E-state index < -0.39 is 0 Å². The number of rotatable bonds is 5. The molecule has 9 heteroatoms. The van der Waals surface area contributed by atoms with Crippen molar-refractivity contribution in [2.24, 2.45) is 0 Å². The largest absolute Gasteiger partial charge is 0.363 e. The van der Waals surface area contributed by atoms with E-state index in [1.807, 2.05) is 91.0 Å². The summed E-state index contributed by atoms with van der Waals surface area (Å²) >= 11 is 0. The maximum Gasteiger partial charge on any atom is 0.164 e. The summed E-state index contributed by atoms with van der Waals surface area (Å²) in [5.41, 5.74) is 7.23. The molecule has 0 fully saturated rings. The van der Waals surface area contributed by atoms with Crippen molar-refractivity contribution in [2.45, 2.75) is 0 Å². The molecule has 0 saturated heterocycles. The van der Waals surface area contributed by atoms with Gasteiger partial charge in [-0.25, -0.2) is 29.9 Å². The Kier molecular flexibility index (Phi) is 6.04. The zero-order chi connectivity index (χ0) is 31.5. The first-order valence-electron chi connectivity index (χ1n) is 15.4. The molecule has 224 valence electrons. The number of nitrogens with one attached hydrogen (secondary N) is 2. The summed E-state index contributed by atoms with van der Waals surface area (Å²) in [5.74, 6) is 2.29. The van der Waals surface area contributed by atoms with Gasteiger partial charge in [-0.2, -0.15) is 0 Å². The summed E-state index contributed by atoms with van der Waals surface area (Å²) < 4.78 is 0. The molecular formula is C38H27N9. The highest BCUT2D eigenvalue weighted by Gasteiger charge is 2.22. The quantitative estimate of drug-likeness (QED) is 0.190. The molecule has 47 heavy (non-hydrogen) atoms. The Morgan fingerprint density at radius 2 is 0.872 bits per heavy atom. The van der Waals surface area contributed by atoms with E-state index in [1.54, 1.807) is 0 Å². The maximum atomic E-state index is 5.20. The minimum Gasteiger partial charge on any atom is -0.363 e. The van der Waals surface area contributed by atoms with E-state index in [1.165, 1.54) is 0 Å². The minimum absolute atomic E-state index is 0.565. The number of anilines is 1. The van der Waals surface area contributed by atoms with Crippen molar-refractivity contribution in [1.82, 2.24) is 39.9 Å².